The molecule has 6 aromatic rings. The van der Waals surface area contributed by atoms with E-state index in [2.05, 4.69) is 45.5 Å². The number of halogens is 4. The molecule has 302 valence electrons. The van der Waals surface area contributed by atoms with Crippen molar-refractivity contribution in [1.82, 2.24) is 40.2 Å². The Kier molecular flexibility index (Phi) is 16.1. The van der Waals surface area contributed by atoms with Crippen LogP contribution in [-0.2, 0) is 0 Å². The predicted molar refractivity (Wildman–Crippen MR) is 235 cm³/mol. The number of alkyl halides is 1. The molecule has 2 aliphatic rings. The van der Waals surface area contributed by atoms with E-state index in [4.69, 9.17) is 45.3 Å². The van der Waals surface area contributed by atoms with E-state index in [-0.39, 0.29) is 24.1 Å². The highest BCUT2D eigenvalue weighted by molar-refractivity contribution is 6.33. The summed E-state index contributed by atoms with van der Waals surface area (Å²) in [5.41, 5.74) is 13.9. The second kappa shape index (κ2) is 20.9. The summed E-state index contributed by atoms with van der Waals surface area (Å²) in [6.07, 6.45) is 5.32. The number of hydrogen-bond acceptors (Lipinski definition) is 12. The minimum atomic E-state index is 0. The van der Waals surface area contributed by atoms with Crippen molar-refractivity contribution in [2.45, 2.75) is 39.5 Å². The number of benzene rings is 4. The highest BCUT2D eigenvalue weighted by Gasteiger charge is 2.14. The first-order valence-corrected chi connectivity index (χ1v) is 20.0. The zero-order valence-corrected chi connectivity index (χ0v) is 35.4. The van der Waals surface area contributed by atoms with Crippen LogP contribution in [0.15, 0.2) is 60.7 Å². The maximum atomic E-state index is 9.77. The van der Waals surface area contributed by atoms with Crippen LogP contribution in [0.4, 0.5) is 11.9 Å². The smallest absolute Gasteiger partial charge is 0.243 e. The number of nitrogen functional groups attached to an aromatic ring is 1. The number of aromatic nitrogens is 6. The predicted octanol–water partition coefficient (Wildman–Crippen LogP) is 8.85. The minimum Gasteiger partial charge on any atom is -0.508 e. The molecule has 4 N–H and O–H groups in total. The highest BCUT2D eigenvalue weighted by atomic mass is 35.5. The molecule has 4 aromatic carbocycles. The molecule has 0 saturated carbocycles. The van der Waals surface area contributed by atoms with Gasteiger partial charge in [-0.25, -0.2) is 9.97 Å². The second-order valence-electron chi connectivity index (χ2n) is 13.9. The Balaban J connectivity index is 0.000000183. The van der Waals surface area contributed by atoms with Gasteiger partial charge in [0.15, 0.2) is 0 Å². The largest absolute Gasteiger partial charge is 0.508 e. The summed E-state index contributed by atoms with van der Waals surface area (Å²) in [4.78, 5) is 13.7. The Morgan fingerprint density at radius 1 is 0.719 bits per heavy atom. The topological polar surface area (TPSA) is 151 Å². The fraction of sp³-hybridized carbons (Fsp3) is 0.366. The molecule has 0 amide bonds. The Labute approximate surface area is 354 Å². The van der Waals surface area contributed by atoms with Crippen molar-refractivity contribution in [1.29, 1.82) is 0 Å². The minimum absolute atomic E-state index is 0. The molecule has 0 aliphatic carbocycles. The number of phenolic OH excluding ortho intramolecular Hbond substituents is 1. The van der Waals surface area contributed by atoms with E-state index >= 15 is 0 Å². The van der Waals surface area contributed by atoms with Gasteiger partial charge in [0.25, 0.3) is 0 Å². The number of nitrogens with one attached hydrogen (secondary N) is 1. The van der Waals surface area contributed by atoms with Crippen LogP contribution >= 0.6 is 47.2 Å². The quantitative estimate of drug-likeness (QED) is 0.119. The molecule has 8 rings (SSSR count). The molecule has 0 radical (unpaired) electrons. The molecular formula is C41H48Cl4N10O2. The summed E-state index contributed by atoms with van der Waals surface area (Å²) >= 11 is 18.1. The fourth-order valence-electron chi connectivity index (χ4n) is 6.87. The lowest BCUT2D eigenvalue weighted by Crippen LogP contribution is -2.26. The zero-order chi connectivity index (χ0) is 39.6. The van der Waals surface area contributed by atoms with Gasteiger partial charge < -0.3 is 30.7 Å². The number of aromatic hydroxyl groups is 1. The van der Waals surface area contributed by atoms with E-state index in [0.717, 1.165) is 75.7 Å². The number of likely N-dealkylation sites (tertiary alicyclic amines) is 2. The fourth-order valence-corrected chi connectivity index (χ4v) is 7.56. The summed E-state index contributed by atoms with van der Waals surface area (Å²) in [6.45, 7) is 11.7. The first kappa shape index (κ1) is 43.8. The number of fused-ring (bicyclic) bond motifs is 2. The van der Waals surface area contributed by atoms with Crippen molar-refractivity contribution in [3.63, 3.8) is 0 Å². The van der Waals surface area contributed by atoms with Gasteiger partial charge in [0.1, 0.15) is 22.5 Å². The SMILES string of the molecule is COc1ccc(Cl)c(-c2cc(C)c3nc(N)nnc3c2)c1.Cc1cc(-c2cc(O)ccc2Cl)cc2nnc(NCCN3CCCC3)nc12.Cl.ClCCN1CCCC1. The summed E-state index contributed by atoms with van der Waals surface area (Å²) in [5, 5.41) is 30.7. The first-order chi connectivity index (χ1) is 27.1. The lowest BCUT2D eigenvalue weighted by molar-refractivity contribution is 0.352. The molecule has 2 saturated heterocycles. The van der Waals surface area contributed by atoms with Crippen LogP contribution in [0.5, 0.6) is 11.5 Å². The molecule has 0 unspecified atom stereocenters. The van der Waals surface area contributed by atoms with Gasteiger partial charge in [-0.2, -0.15) is 0 Å². The van der Waals surface area contributed by atoms with E-state index in [1.165, 1.54) is 51.9 Å². The van der Waals surface area contributed by atoms with Gasteiger partial charge in [-0.1, -0.05) is 23.2 Å². The van der Waals surface area contributed by atoms with Crippen molar-refractivity contribution in [2.24, 2.45) is 0 Å². The van der Waals surface area contributed by atoms with Crippen molar-refractivity contribution in [3.05, 3.63) is 81.8 Å². The lowest BCUT2D eigenvalue weighted by Gasteiger charge is -2.14. The molecule has 12 nitrogen and oxygen atoms in total. The highest BCUT2D eigenvalue weighted by Crippen LogP contribution is 2.35. The summed E-state index contributed by atoms with van der Waals surface area (Å²) in [5.74, 6) is 2.42. The number of phenols is 1. The maximum Gasteiger partial charge on any atom is 0.243 e. The Morgan fingerprint density at radius 3 is 1.86 bits per heavy atom. The first-order valence-electron chi connectivity index (χ1n) is 18.7. The maximum absolute atomic E-state index is 9.77. The van der Waals surface area contributed by atoms with Crippen molar-refractivity contribution in [2.75, 3.05) is 69.9 Å². The van der Waals surface area contributed by atoms with Crippen molar-refractivity contribution < 1.29 is 9.84 Å². The van der Waals surface area contributed by atoms with E-state index < -0.39 is 0 Å². The van der Waals surface area contributed by atoms with Crippen molar-refractivity contribution >= 4 is 81.2 Å². The molecule has 2 aromatic heterocycles. The van der Waals surface area contributed by atoms with Gasteiger partial charge in [0.05, 0.1) is 18.1 Å². The number of aryl methyl sites for hydroxylation is 2. The van der Waals surface area contributed by atoms with Gasteiger partial charge in [0, 0.05) is 46.7 Å². The molecule has 4 heterocycles. The molecule has 0 atom stereocenters. The standard InChI is InChI=1S/C20H22ClN5O.C15H13ClN4O.C6H12ClN.ClH/c1-13-10-14(16-12-15(27)4-5-17(16)21)11-18-19(13)23-20(25-24-18)22-6-9-26-7-2-3-8-26;1-8-5-9(6-13-14(8)18-15(17)20-19-13)11-7-10(21-2)3-4-12(11)16;7-3-6-8-4-1-2-5-8;/h4-5,10-12,27H,2-3,6-9H2,1H3,(H,22,23,25);3-7H,1-2H3,(H2,17,18,20);1-6H2;1H. The van der Waals surface area contributed by atoms with Gasteiger partial charge >= 0.3 is 0 Å². The third-order valence-electron chi connectivity index (χ3n) is 9.77. The van der Waals surface area contributed by atoms with Gasteiger partial charge in [-0.05, 0) is 149 Å². The number of methoxy groups -OCH3 is 1. The molecule has 16 heteroatoms. The number of hydrogen-bond donors (Lipinski definition) is 3. The molecule has 0 bridgehead atoms. The Morgan fingerprint density at radius 2 is 1.26 bits per heavy atom. The lowest BCUT2D eigenvalue weighted by atomic mass is 10.0. The van der Waals surface area contributed by atoms with E-state index in [9.17, 15) is 5.11 Å². The van der Waals surface area contributed by atoms with Crippen LogP contribution in [0, 0.1) is 13.8 Å². The zero-order valence-electron chi connectivity index (χ0n) is 32.3. The van der Waals surface area contributed by atoms with E-state index in [0.29, 0.717) is 27.0 Å². The summed E-state index contributed by atoms with van der Waals surface area (Å²) < 4.78 is 5.25. The Hall–Kier alpha value is -4.30. The Bertz CT molecular complexity index is 2270. The second-order valence-corrected chi connectivity index (χ2v) is 15.0. The van der Waals surface area contributed by atoms with Crippen LogP contribution in [0.2, 0.25) is 10.0 Å². The number of nitrogens with zero attached hydrogens (tertiary/aromatic N) is 8. The van der Waals surface area contributed by atoms with Crippen LogP contribution in [0.3, 0.4) is 0 Å². The number of anilines is 2. The number of nitrogens with two attached hydrogens (primary N) is 1. The van der Waals surface area contributed by atoms with Crippen LogP contribution < -0.4 is 15.8 Å². The molecule has 2 aliphatic heterocycles. The number of rotatable bonds is 9. The summed E-state index contributed by atoms with van der Waals surface area (Å²) in [6, 6.07) is 18.2. The third-order valence-corrected chi connectivity index (χ3v) is 10.6. The van der Waals surface area contributed by atoms with Gasteiger partial charge in [-0.15, -0.1) is 44.4 Å². The van der Waals surface area contributed by atoms with E-state index in [1.807, 2.05) is 56.3 Å². The molecule has 57 heavy (non-hydrogen) atoms. The van der Waals surface area contributed by atoms with Crippen LogP contribution in [0.1, 0.15) is 36.8 Å². The molecular weight excluding hydrogens is 806 g/mol. The number of ether oxygens (including phenoxy) is 1. The van der Waals surface area contributed by atoms with Crippen LogP contribution in [0.25, 0.3) is 44.3 Å². The van der Waals surface area contributed by atoms with Gasteiger partial charge in [0.2, 0.25) is 11.9 Å². The summed E-state index contributed by atoms with van der Waals surface area (Å²) in [7, 11) is 1.62. The van der Waals surface area contributed by atoms with Crippen LogP contribution in [-0.4, -0.2) is 104 Å². The van der Waals surface area contributed by atoms with Gasteiger partial charge in [-0.3, -0.25) is 0 Å². The van der Waals surface area contributed by atoms with Crippen molar-refractivity contribution in [3.8, 4) is 33.8 Å². The normalized spacial score (nSPS) is 14.1. The molecule has 2 fully saturated rings. The average molecular weight is 855 g/mol. The third kappa shape index (κ3) is 11.6. The van der Waals surface area contributed by atoms with E-state index in [1.54, 1.807) is 25.3 Å². The molecule has 0 spiro atoms. The average Bonchev–Trinajstić information content (AvgIpc) is 3.92. The monoisotopic (exact) mass is 852 g/mol.